The number of rotatable bonds is 4. The fourth-order valence-electron chi connectivity index (χ4n) is 2.60. The Hall–Kier alpha value is -0.940. The molecule has 0 atom stereocenters. The van der Waals surface area contributed by atoms with Crippen LogP contribution in [-0.4, -0.2) is 24.7 Å². The van der Waals surface area contributed by atoms with Crippen molar-refractivity contribution in [1.29, 1.82) is 0 Å². The van der Waals surface area contributed by atoms with Crippen molar-refractivity contribution in [3.05, 3.63) is 16.1 Å². The van der Waals surface area contributed by atoms with E-state index in [1.165, 1.54) is 18.4 Å². The third-order valence-electron chi connectivity index (χ3n) is 3.78. The van der Waals surface area contributed by atoms with E-state index in [0.29, 0.717) is 11.5 Å². The van der Waals surface area contributed by atoms with Crippen LogP contribution in [0.15, 0.2) is 6.20 Å². The van der Waals surface area contributed by atoms with Crippen molar-refractivity contribution in [2.75, 3.05) is 13.7 Å². The zero-order valence-corrected chi connectivity index (χ0v) is 12.6. The number of carbonyl (C=O) groups is 1. The molecule has 0 aliphatic heterocycles. The number of methoxy groups -OCH3 is 1. The van der Waals surface area contributed by atoms with E-state index < -0.39 is 0 Å². The van der Waals surface area contributed by atoms with Crippen LogP contribution in [-0.2, 0) is 15.1 Å². The first-order chi connectivity index (χ1) is 9.11. The van der Waals surface area contributed by atoms with Gasteiger partial charge in [0.15, 0.2) is 0 Å². The van der Waals surface area contributed by atoms with Gasteiger partial charge in [-0.05, 0) is 38.5 Å². The van der Waals surface area contributed by atoms with Crippen LogP contribution in [0.5, 0.6) is 0 Å². The number of aromatic nitrogens is 1. The van der Waals surface area contributed by atoms with E-state index in [0.717, 1.165) is 36.6 Å². The molecule has 1 aromatic rings. The SMILES string of the molecule is CCOC1(c2ncc(C(=O)OC)s2)CCC(C)CC1. The number of hydrogen-bond acceptors (Lipinski definition) is 5. The highest BCUT2D eigenvalue weighted by atomic mass is 32.1. The van der Waals surface area contributed by atoms with Crippen molar-refractivity contribution >= 4 is 17.3 Å². The Labute approximate surface area is 118 Å². The molecule has 1 aromatic heterocycles. The number of esters is 1. The average Bonchev–Trinajstić information content (AvgIpc) is 2.91. The summed E-state index contributed by atoms with van der Waals surface area (Å²) in [6.45, 7) is 4.95. The molecule has 19 heavy (non-hydrogen) atoms. The number of nitrogens with zero attached hydrogens (tertiary/aromatic N) is 1. The summed E-state index contributed by atoms with van der Waals surface area (Å²) in [5.41, 5.74) is -0.293. The summed E-state index contributed by atoms with van der Waals surface area (Å²) in [5, 5.41) is 0.918. The number of ether oxygens (including phenoxy) is 2. The fraction of sp³-hybridized carbons (Fsp3) is 0.714. The second-order valence-electron chi connectivity index (χ2n) is 5.13. The van der Waals surface area contributed by atoms with Crippen LogP contribution in [0, 0.1) is 5.92 Å². The molecule has 1 aliphatic carbocycles. The van der Waals surface area contributed by atoms with Gasteiger partial charge in [-0.3, -0.25) is 0 Å². The van der Waals surface area contributed by atoms with Gasteiger partial charge in [-0.15, -0.1) is 11.3 Å². The molecule has 0 radical (unpaired) electrons. The molecule has 2 rings (SSSR count). The summed E-state index contributed by atoms with van der Waals surface area (Å²) in [5.74, 6) is 0.424. The van der Waals surface area contributed by atoms with Gasteiger partial charge in [0.25, 0.3) is 0 Å². The van der Waals surface area contributed by atoms with Gasteiger partial charge < -0.3 is 9.47 Å². The molecule has 1 saturated carbocycles. The molecule has 0 aromatic carbocycles. The molecule has 106 valence electrons. The Kier molecular flexibility index (Phi) is 4.58. The van der Waals surface area contributed by atoms with Gasteiger partial charge in [-0.25, -0.2) is 9.78 Å². The second-order valence-corrected chi connectivity index (χ2v) is 6.16. The van der Waals surface area contributed by atoms with Crippen LogP contribution in [0.1, 0.15) is 54.2 Å². The van der Waals surface area contributed by atoms with E-state index in [1.807, 2.05) is 6.92 Å². The predicted octanol–water partition coefficient (Wildman–Crippen LogP) is 3.37. The van der Waals surface area contributed by atoms with E-state index in [2.05, 4.69) is 11.9 Å². The second kappa shape index (κ2) is 6.01. The van der Waals surface area contributed by atoms with Crippen LogP contribution in [0.25, 0.3) is 0 Å². The first kappa shape index (κ1) is 14.5. The maximum Gasteiger partial charge on any atom is 0.349 e. The average molecular weight is 283 g/mol. The summed E-state index contributed by atoms with van der Waals surface area (Å²) in [4.78, 5) is 16.5. The summed E-state index contributed by atoms with van der Waals surface area (Å²) in [7, 11) is 1.39. The smallest absolute Gasteiger partial charge is 0.349 e. The molecule has 0 N–H and O–H groups in total. The van der Waals surface area contributed by atoms with Crippen molar-refractivity contribution in [3.63, 3.8) is 0 Å². The Morgan fingerprint density at radius 1 is 1.53 bits per heavy atom. The summed E-state index contributed by atoms with van der Waals surface area (Å²) >= 11 is 1.40. The molecule has 0 bridgehead atoms. The molecule has 1 aliphatic rings. The largest absolute Gasteiger partial charge is 0.465 e. The summed E-state index contributed by atoms with van der Waals surface area (Å²) in [6, 6.07) is 0. The maximum atomic E-state index is 11.5. The third kappa shape index (κ3) is 2.98. The molecular weight excluding hydrogens is 262 g/mol. The zero-order chi connectivity index (χ0) is 13.9. The minimum atomic E-state index is -0.320. The van der Waals surface area contributed by atoms with Crippen molar-refractivity contribution in [2.24, 2.45) is 5.92 Å². The number of carbonyl (C=O) groups excluding carboxylic acids is 1. The predicted molar refractivity (Wildman–Crippen MR) is 74.4 cm³/mol. The van der Waals surface area contributed by atoms with Gasteiger partial charge in [0.1, 0.15) is 15.5 Å². The normalized spacial score (nSPS) is 27.2. The Morgan fingerprint density at radius 2 is 2.21 bits per heavy atom. The van der Waals surface area contributed by atoms with E-state index in [9.17, 15) is 4.79 Å². The van der Waals surface area contributed by atoms with Crippen molar-refractivity contribution in [2.45, 2.75) is 45.1 Å². The molecule has 0 unspecified atom stereocenters. The van der Waals surface area contributed by atoms with Gasteiger partial charge in [0.2, 0.25) is 0 Å². The van der Waals surface area contributed by atoms with Crippen LogP contribution in [0.4, 0.5) is 0 Å². The highest BCUT2D eigenvalue weighted by Crippen LogP contribution is 2.43. The molecular formula is C14H21NO3S. The van der Waals surface area contributed by atoms with Crippen molar-refractivity contribution in [3.8, 4) is 0 Å². The van der Waals surface area contributed by atoms with Gasteiger partial charge in [-0.2, -0.15) is 0 Å². The van der Waals surface area contributed by atoms with Gasteiger partial charge >= 0.3 is 5.97 Å². The monoisotopic (exact) mass is 283 g/mol. The van der Waals surface area contributed by atoms with Crippen LogP contribution in [0.3, 0.4) is 0 Å². The Balaban J connectivity index is 2.24. The minimum absolute atomic E-state index is 0.293. The molecule has 1 fully saturated rings. The zero-order valence-electron chi connectivity index (χ0n) is 11.8. The van der Waals surface area contributed by atoms with E-state index in [-0.39, 0.29) is 11.6 Å². The first-order valence-electron chi connectivity index (χ1n) is 6.80. The van der Waals surface area contributed by atoms with Crippen molar-refractivity contribution in [1.82, 2.24) is 4.98 Å². The highest BCUT2D eigenvalue weighted by Gasteiger charge is 2.39. The van der Waals surface area contributed by atoms with Crippen LogP contribution < -0.4 is 0 Å². The van der Waals surface area contributed by atoms with E-state index in [1.54, 1.807) is 6.20 Å². The van der Waals surface area contributed by atoms with Gasteiger partial charge in [0, 0.05) is 6.61 Å². The molecule has 0 spiro atoms. The Bertz CT molecular complexity index is 436. The lowest BCUT2D eigenvalue weighted by Crippen LogP contribution is -2.34. The molecule has 4 nitrogen and oxygen atoms in total. The first-order valence-corrected chi connectivity index (χ1v) is 7.61. The standard InChI is InChI=1S/C14H21NO3S/c1-4-18-14(7-5-10(2)6-8-14)13-15-9-11(19-13)12(16)17-3/h9-10H,4-8H2,1-3H3. The lowest BCUT2D eigenvalue weighted by molar-refractivity contribution is -0.0776. The topological polar surface area (TPSA) is 48.4 Å². The summed E-state index contributed by atoms with van der Waals surface area (Å²) < 4.78 is 10.8. The van der Waals surface area contributed by atoms with E-state index in [4.69, 9.17) is 9.47 Å². The van der Waals surface area contributed by atoms with Crippen LogP contribution >= 0.6 is 11.3 Å². The third-order valence-corrected chi connectivity index (χ3v) is 4.95. The lowest BCUT2D eigenvalue weighted by atomic mass is 9.80. The minimum Gasteiger partial charge on any atom is -0.465 e. The summed E-state index contributed by atoms with van der Waals surface area (Å²) in [6.07, 6.45) is 5.86. The maximum absolute atomic E-state index is 11.5. The molecule has 0 saturated heterocycles. The highest BCUT2D eigenvalue weighted by molar-refractivity contribution is 7.13. The van der Waals surface area contributed by atoms with E-state index >= 15 is 0 Å². The van der Waals surface area contributed by atoms with Gasteiger partial charge in [0.05, 0.1) is 13.3 Å². The quantitative estimate of drug-likeness (QED) is 0.795. The molecule has 0 amide bonds. The fourth-order valence-corrected chi connectivity index (χ4v) is 3.64. The Morgan fingerprint density at radius 3 is 2.79 bits per heavy atom. The van der Waals surface area contributed by atoms with Crippen molar-refractivity contribution < 1.29 is 14.3 Å². The number of hydrogen-bond donors (Lipinski definition) is 0. The molecule has 1 heterocycles. The van der Waals surface area contributed by atoms with Crippen LogP contribution in [0.2, 0.25) is 0 Å². The lowest BCUT2D eigenvalue weighted by Gasteiger charge is -2.37. The van der Waals surface area contributed by atoms with Gasteiger partial charge in [-0.1, -0.05) is 6.92 Å². The molecule has 5 heteroatoms. The number of thiazole rings is 1.